The fraction of sp³-hybridized carbons (Fsp3) is 0.160. The molecule has 0 radical (unpaired) electrons. The molecule has 1 saturated carbocycles. The highest BCUT2D eigenvalue weighted by molar-refractivity contribution is 6.30. The summed E-state index contributed by atoms with van der Waals surface area (Å²) in [5.74, 6) is 0.464. The van der Waals surface area contributed by atoms with Crippen LogP contribution in [0.5, 0.6) is 0 Å². The second kappa shape index (κ2) is 6.65. The molecule has 128 valence electrons. The second-order valence-electron chi connectivity index (χ2n) is 7.08. The van der Waals surface area contributed by atoms with Crippen LogP contribution in [0.4, 0.5) is 0 Å². The molecule has 1 fully saturated rings. The topological polar surface area (TPSA) is 0 Å². The monoisotopic (exact) mass is 356 g/mol. The number of allylic oxidation sites excluding steroid dienone is 1. The van der Waals surface area contributed by atoms with E-state index in [4.69, 9.17) is 11.6 Å². The maximum atomic E-state index is 6.07. The lowest BCUT2D eigenvalue weighted by Crippen LogP contribution is -2.02. The van der Waals surface area contributed by atoms with Crippen LogP contribution in [0.15, 0.2) is 96.2 Å². The summed E-state index contributed by atoms with van der Waals surface area (Å²) >= 11 is 6.07. The lowest BCUT2D eigenvalue weighted by molar-refractivity contribution is 0.707. The Morgan fingerprint density at radius 1 is 0.808 bits per heavy atom. The molecule has 2 atom stereocenters. The molecule has 0 spiro atoms. The molecule has 4 rings (SSSR count). The molecule has 1 aliphatic carbocycles. The number of benzene rings is 3. The maximum absolute atomic E-state index is 6.07. The molecule has 0 aromatic heterocycles. The van der Waals surface area contributed by atoms with E-state index in [2.05, 4.69) is 92.4 Å². The Morgan fingerprint density at radius 3 is 1.81 bits per heavy atom. The molecule has 0 saturated heterocycles. The lowest BCUT2D eigenvalue weighted by Gasteiger charge is -2.09. The highest BCUT2D eigenvalue weighted by Crippen LogP contribution is 2.59. The van der Waals surface area contributed by atoms with Gasteiger partial charge in [-0.15, -0.1) is 5.73 Å². The van der Waals surface area contributed by atoms with Crippen LogP contribution in [0.3, 0.4) is 0 Å². The van der Waals surface area contributed by atoms with Gasteiger partial charge in [-0.2, -0.15) is 0 Å². The number of rotatable bonds is 3. The highest BCUT2D eigenvalue weighted by Gasteiger charge is 2.54. The van der Waals surface area contributed by atoms with Gasteiger partial charge in [0, 0.05) is 16.0 Å². The molecule has 0 unspecified atom stereocenters. The van der Waals surface area contributed by atoms with Gasteiger partial charge in [-0.1, -0.05) is 98.2 Å². The molecule has 1 aliphatic rings. The van der Waals surface area contributed by atoms with Gasteiger partial charge >= 0.3 is 0 Å². The van der Waals surface area contributed by atoms with E-state index in [1.807, 2.05) is 12.1 Å². The van der Waals surface area contributed by atoms with E-state index in [1.54, 1.807) is 0 Å². The van der Waals surface area contributed by atoms with E-state index in [1.165, 1.54) is 22.3 Å². The highest BCUT2D eigenvalue weighted by atomic mass is 35.5. The van der Waals surface area contributed by atoms with Gasteiger partial charge in [-0.3, -0.25) is 0 Å². The van der Waals surface area contributed by atoms with Crippen LogP contribution in [0.25, 0.3) is 5.57 Å². The van der Waals surface area contributed by atoms with Crippen LogP contribution >= 0.6 is 11.6 Å². The van der Waals surface area contributed by atoms with Crippen molar-refractivity contribution < 1.29 is 0 Å². The zero-order chi connectivity index (χ0) is 18.1. The van der Waals surface area contributed by atoms with Gasteiger partial charge in [0.15, 0.2) is 0 Å². The van der Waals surface area contributed by atoms with Crippen molar-refractivity contribution in [3.05, 3.63) is 118 Å². The van der Waals surface area contributed by atoms with Crippen LogP contribution in [0, 0.1) is 5.92 Å². The zero-order valence-electron chi connectivity index (χ0n) is 15.0. The Hall–Kier alpha value is -2.53. The van der Waals surface area contributed by atoms with Crippen molar-refractivity contribution in [3.63, 3.8) is 0 Å². The van der Waals surface area contributed by atoms with Crippen molar-refractivity contribution in [2.24, 2.45) is 5.92 Å². The molecule has 0 aliphatic heterocycles. The van der Waals surface area contributed by atoms with Gasteiger partial charge in [0.25, 0.3) is 0 Å². The number of hydrogen-bond acceptors (Lipinski definition) is 0. The predicted molar refractivity (Wildman–Crippen MR) is 110 cm³/mol. The fourth-order valence-corrected chi connectivity index (χ4v) is 3.85. The minimum absolute atomic E-state index is 0.0272. The van der Waals surface area contributed by atoms with Crippen LogP contribution in [-0.2, 0) is 5.41 Å². The van der Waals surface area contributed by atoms with Crippen molar-refractivity contribution in [3.8, 4) is 0 Å². The molecule has 26 heavy (non-hydrogen) atoms. The SMILES string of the molecule is C[C@@H]1C(=C=C(c2ccccc2)c2ccccc2)[C@]1(C)c1ccc(Cl)cc1. The predicted octanol–water partition coefficient (Wildman–Crippen LogP) is 6.90. The Kier molecular flexibility index (Phi) is 4.32. The van der Waals surface area contributed by atoms with Crippen molar-refractivity contribution in [1.29, 1.82) is 0 Å². The summed E-state index contributed by atoms with van der Waals surface area (Å²) < 4.78 is 0. The quantitative estimate of drug-likeness (QED) is 0.447. The smallest absolute Gasteiger partial charge is 0.0406 e. The van der Waals surface area contributed by atoms with E-state index >= 15 is 0 Å². The van der Waals surface area contributed by atoms with Crippen molar-refractivity contribution in [1.82, 2.24) is 0 Å². The molecule has 0 nitrogen and oxygen atoms in total. The van der Waals surface area contributed by atoms with E-state index in [0.717, 1.165) is 10.6 Å². The average Bonchev–Trinajstić information content (AvgIpc) is 3.22. The van der Waals surface area contributed by atoms with Crippen LogP contribution in [0.2, 0.25) is 5.02 Å². The number of hydrogen-bond donors (Lipinski definition) is 0. The lowest BCUT2D eigenvalue weighted by atomic mass is 9.94. The summed E-state index contributed by atoms with van der Waals surface area (Å²) in [6.45, 7) is 4.58. The first-order valence-corrected chi connectivity index (χ1v) is 9.36. The van der Waals surface area contributed by atoms with Gasteiger partial charge in [-0.05, 0) is 40.3 Å². The Bertz CT molecular complexity index is 936. The summed E-state index contributed by atoms with van der Waals surface area (Å²) in [5, 5.41) is 0.779. The third-order valence-electron chi connectivity index (χ3n) is 5.60. The summed E-state index contributed by atoms with van der Waals surface area (Å²) in [5.41, 5.74) is 10.0. The fourth-order valence-electron chi connectivity index (χ4n) is 3.72. The summed E-state index contributed by atoms with van der Waals surface area (Å²) in [6, 6.07) is 29.3. The molecular formula is C25H21Cl. The summed E-state index contributed by atoms with van der Waals surface area (Å²) in [4.78, 5) is 0. The van der Waals surface area contributed by atoms with Gasteiger partial charge in [-0.25, -0.2) is 0 Å². The van der Waals surface area contributed by atoms with Crippen molar-refractivity contribution in [2.75, 3.05) is 0 Å². The van der Waals surface area contributed by atoms with E-state index in [0.29, 0.717) is 5.92 Å². The molecule has 3 aromatic rings. The molecule has 0 amide bonds. The van der Waals surface area contributed by atoms with Gasteiger partial charge in [0.2, 0.25) is 0 Å². The molecule has 3 aromatic carbocycles. The molecule has 1 heteroatoms. The van der Waals surface area contributed by atoms with E-state index in [9.17, 15) is 0 Å². The van der Waals surface area contributed by atoms with E-state index in [-0.39, 0.29) is 5.41 Å². The molecule has 0 heterocycles. The van der Waals surface area contributed by atoms with Crippen molar-refractivity contribution in [2.45, 2.75) is 19.3 Å². The standard InChI is InChI=1S/C25H21Cl/c1-18-24(25(18,2)21-13-15-22(26)16-14-21)17-23(19-9-5-3-6-10-19)20-11-7-4-8-12-20/h3-16,18H,1-2H3/t18-,25+/m1/s1. The molecule has 0 N–H and O–H groups in total. The summed E-state index contributed by atoms with van der Waals surface area (Å²) in [7, 11) is 0. The third kappa shape index (κ3) is 2.92. The first kappa shape index (κ1) is 16.9. The Morgan fingerprint density at radius 2 is 1.31 bits per heavy atom. The third-order valence-corrected chi connectivity index (χ3v) is 5.86. The largest absolute Gasteiger partial charge is 0.111 e. The average molecular weight is 357 g/mol. The zero-order valence-corrected chi connectivity index (χ0v) is 15.8. The van der Waals surface area contributed by atoms with Crippen LogP contribution < -0.4 is 0 Å². The molecule has 0 bridgehead atoms. The van der Waals surface area contributed by atoms with Gasteiger partial charge in [0.1, 0.15) is 0 Å². The summed E-state index contributed by atoms with van der Waals surface area (Å²) in [6.07, 6.45) is 0. The first-order valence-electron chi connectivity index (χ1n) is 8.99. The normalized spacial score (nSPS) is 21.2. The Labute approximate surface area is 160 Å². The second-order valence-corrected chi connectivity index (χ2v) is 7.51. The maximum Gasteiger partial charge on any atom is 0.0406 e. The van der Waals surface area contributed by atoms with Crippen molar-refractivity contribution >= 4 is 17.2 Å². The molecular weight excluding hydrogens is 336 g/mol. The van der Waals surface area contributed by atoms with Gasteiger partial charge < -0.3 is 0 Å². The van der Waals surface area contributed by atoms with Crippen LogP contribution in [0.1, 0.15) is 30.5 Å². The Balaban J connectivity index is 1.88. The van der Waals surface area contributed by atoms with Crippen LogP contribution in [-0.4, -0.2) is 0 Å². The van der Waals surface area contributed by atoms with E-state index < -0.39 is 0 Å². The minimum Gasteiger partial charge on any atom is -0.111 e. The number of halogens is 1. The minimum atomic E-state index is 0.0272. The first-order chi connectivity index (χ1) is 12.6. The van der Waals surface area contributed by atoms with Gasteiger partial charge in [0.05, 0.1) is 0 Å².